The monoisotopic (exact) mass is 425 g/mol. The Kier molecular flexibility index (Phi) is 5.06. The normalized spacial score (nSPS) is 17.9. The summed E-state index contributed by atoms with van der Waals surface area (Å²) in [7, 11) is 1.41. The first-order valence-electron chi connectivity index (χ1n) is 9.28. The van der Waals surface area contributed by atoms with Gasteiger partial charge in [-0.1, -0.05) is 11.6 Å². The number of rotatable bonds is 4. The van der Waals surface area contributed by atoms with Crippen molar-refractivity contribution in [3.8, 4) is 5.75 Å². The maximum Gasteiger partial charge on any atom is 0.300 e. The Bertz CT molecular complexity index is 1220. The van der Waals surface area contributed by atoms with Gasteiger partial charge in [0.2, 0.25) is 0 Å². The summed E-state index contributed by atoms with van der Waals surface area (Å²) in [6.45, 7) is 1.79. The Balaban J connectivity index is 1.97. The molecule has 4 rings (SSSR count). The molecule has 1 amide bonds. The fraction of sp³-hybridized carbons (Fsp3) is 0.130. The summed E-state index contributed by atoms with van der Waals surface area (Å²) in [6.07, 6.45) is 1.34. The van der Waals surface area contributed by atoms with E-state index in [9.17, 15) is 23.5 Å². The van der Waals surface area contributed by atoms with Crippen molar-refractivity contribution < 1.29 is 32.6 Å². The van der Waals surface area contributed by atoms with Gasteiger partial charge in [0, 0.05) is 11.8 Å². The van der Waals surface area contributed by atoms with Crippen LogP contribution in [0.4, 0.5) is 14.5 Å². The maximum atomic E-state index is 13.9. The summed E-state index contributed by atoms with van der Waals surface area (Å²) < 4.78 is 38.1. The third-order valence-electron chi connectivity index (χ3n) is 5.05. The highest BCUT2D eigenvalue weighted by Crippen LogP contribution is 2.43. The third-order valence-corrected chi connectivity index (χ3v) is 5.05. The number of nitrogens with zero attached hydrogens (tertiary/aromatic N) is 1. The van der Waals surface area contributed by atoms with Crippen molar-refractivity contribution in [1.29, 1.82) is 0 Å². The molecule has 8 heteroatoms. The van der Waals surface area contributed by atoms with Gasteiger partial charge in [-0.2, -0.15) is 0 Å². The van der Waals surface area contributed by atoms with Crippen LogP contribution in [-0.2, 0) is 9.59 Å². The van der Waals surface area contributed by atoms with Gasteiger partial charge < -0.3 is 14.3 Å². The Morgan fingerprint density at radius 2 is 1.87 bits per heavy atom. The van der Waals surface area contributed by atoms with Crippen LogP contribution in [0.5, 0.6) is 5.75 Å². The number of ketones is 1. The van der Waals surface area contributed by atoms with E-state index in [1.54, 1.807) is 31.2 Å². The molecule has 0 aliphatic carbocycles. The second-order valence-corrected chi connectivity index (χ2v) is 6.99. The zero-order valence-electron chi connectivity index (χ0n) is 16.6. The van der Waals surface area contributed by atoms with Crippen LogP contribution in [0.2, 0.25) is 0 Å². The summed E-state index contributed by atoms with van der Waals surface area (Å²) in [4.78, 5) is 26.9. The van der Waals surface area contributed by atoms with Crippen LogP contribution in [0.15, 0.2) is 64.8 Å². The highest BCUT2D eigenvalue weighted by Gasteiger charge is 2.48. The predicted molar refractivity (Wildman–Crippen MR) is 108 cm³/mol. The molecule has 0 radical (unpaired) electrons. The number of Topliss-reactive ketones (excluding diaryl/α,β-unsaturated/α-hetero) is 1. The molecule has 1 fully saturated rings. The van der Waals surface area contributed by atoms with Crippen molar-refractivity contribution >= 4 is 23.1 Å². The largest absolute Gasteiger partial charge is 0.507 e. The third kappa shape index (κ3) is 3.35. The number of aryl methyl sites for hydroxylation is 1. The number of hydrogen-bond donors (Lipinski definition) is 1. The van der Waals surface area contributed by atoms with Crippen LogP contribution < -0.4 is 9.64 Å². The fourth-order valence-electron chi connectivity index (χ4n) is 3.60. The number of methoxy groups -OCH3 is 1. The van der Waals surface area contributed by atoms with E-state index in [1.165, 1.54) is 25.5 Å². The van der Waals surface area contributed by atoms with Gasteiger partial charge in [-0.3, -0.25) is 14.5 Å². The van der Waals surface area contributed by atoms with E-state index in [0.717, 1.165) is 22.6 Å². The van der Waals surface area contributed by atoms with Gasteiger partial charge in [-0.05, 0) is 43.3 Å². The van der Waals surface area contributed by atoms with Gasteiger partial charge in [0.15, 0.2) is 11.6 Å². The van der Waals surface area contributed by atoms with E-state index in [2.05, 4.69) is 0 Å². The van der Waals surface area contributed by atoms with E-state index in [1.807, 2.05) is 0 Å². The van der Waals surface area contributed by atoms with Crippen LogP contribution in [0.3, 0.4) is 0 Å². The summed E-state index contributed by atoms with van der Waals surface area (Å²) in [5.74, 6) is -4.30. The van der Waals surface area contributed by atoms with Crippen molar-refractivity contribution in [2.24, 2.45) is 0 Å². The number of benzene rings is 2. The highest BCUT2D eigenvalue weighted by atomic mass is 19.2. The van der Waals surface area contributed by atoms with E-state index >= 15 is 0 Å². The van der Waals surface area contributed by atoms with E-state index in [0.29, 0.717) is 5.75 Å². The van der Waals surface area contributed by atoms with Gasteiger partial charge in [-0.25, -0.2) is 8.78 Å². The number of anilines is 1. The minimum atomic E-state index is -1.19. The van der Waals surface area contributed by atoms with Crippen molar-refractivity contribution in [1.82, 2.24) is 0 Å². The lowest BCUT2D eigenvalue weighted by molar-refractivity contribution is -0.132. The highest BCUT2D eigenvalue weighted by molar-refractivity contribution is 6.51. The minimum absolute atomic E-state index is 0.0577. The molecule has 0 spiro atoms. The van der Waals surface area contributed by atoms with Crippen molar-refractivity contribution in [3.05, 3.63) is 88.9 Å². The first-order valence-corrected chi connectivity index (χ1v) is 9.28. The lowest BCUT2D eigenvalue weighted by atomic mass is 9.97. The van der Waals surface area contributed by atoms with Crippen molar-refractivity contribution in [2.45, 2.75) is 13.0 Å². The van der Waals surface area contributed by atoms with E-state index < -0.39 is 35.1 Å². The zero-order valence-corrected chi connectivity index (χ0v) is 16.6. The van der Waals surface area contributed by atoms with Gasteiger partial charge in [0.05, 0.1) is 24.5 Å². The second kappa shape index (κ2) is 7.71. The molecule has 1 aromatic heterocycles. The summed E-state index contributed by atoms with van der Waals surface area (Å²) in [5.41, 5.74) is 0.681. The van der Waals surface area contributed by atoms with Crippen molar-refractivity contribution in [2.75, 3.05) is 12.0 Å². The quantitative estimate of drug-likeness (QED) is 0.378. The molecule has 1 aliphatic heterocycles. The molecule has 0 bridgehead atoms. The van der Waals surface area contributed by atoms with Gasteiger partial charge in [0.25, 0.3) is 11.7 Å². The topological polar surface area (TPSA) is 80.0 Å². The molecular formula is C23H17F2NO5. The Hall–Kier alpha value is -3.94. The summed E-state index contributed by atoms with van der Waals surface area (Å²) in [5, 5.41) is 11.1. The number of hydrogen-bond acceptors (Lipinski definition) is 5. The molecule has 1 aliphatic rings. The summed E-state index contributed by atoms with van der Waals surface area (Å²) >= 11 is 0. The molecule has 2 heterocycles. The summed E-state index contributed by atoms with van der Waals surface area (Å²) in [6, 6.07) is 9.71. The first kappa shape index (κ1) is 20.3. The fourth-order valence-corrected chi connectivity index (χ4v) is 3.60. The number of aliphatic hydroxyl groups is 1. The molecule has 31 heavy (non-hydrogen) atoms. The molecule has 2 aromatic carbocycles. The van der Waals surface area contributed by atoms with Crippen LogP contribution in [0, 0.1) is 18.6 Å². The molecule has 0 saturated carbocycles. The average Bonchev–Trinajstić information content (AvgIpc) is 3.37. The number of ether oxygens (including phenoxy) is 1. The molecule has 1 atom stereocenters. The maximum absolute atomic E-state index is 13.9. The lowest BCUT2D eigenvalue weighted by Gasteiger charge is -2.23. The number of halogens is 2. The Morgan fingerprint density at radius 3 is 2.52 bits per heavy atom. The van der Waals surface area contributed by atoms with Crippen LogP contribution in [-0.4, -0.2) is 23.9 Å². The number of furan rings is 1. The van der Waals surface area contributed by atoms with Crippen LogP contribution in [0.1, 0.15) is 22.9 Å². The molecule has 6 nitrogen and oxygen atoms in total. The second-order valence-electron chi connectivity index (χ2n) is 6.99. The minimum Gasteiger partial charge on any atom is -0.507 e. The van der Waals surface area contributed by atoms with Gasteiger partial charge in [0.1, 0.15) is 23.3 Å². The van der Waals surface area contributed by atoms with E-state index in [4.69, 9.17) is 9.15 Å². The number of amides is 1. The van der Waals surface area contributed by atoms with E-state index in [-0.39, 0.29) is 22.6 Å². The first-order chi connectivity index (χ1) is 14.8. The molecule has 1 unspecified atom stereocenters. The number of carbonyl (C=O) groups excluding carboxylic acids is 2. The molecular weight excluding hydrogens is 408 g/mol. The average molecular weight is 425 g/mol. The van der Waals surface area contributed by atoms with Crippen LogP contribution >= 0.6 is 0 Å². The molecule has 1 saturated heterocycles. The Labute approximate surface area is 176 Å². The molecule has 158 valence electrons. The molecule has 3 aromatic rings. The smallest absolute Gasteiger partial charge is 0.300 e. The standard InChI is InChI=1S/C23H17F2NO5/c1-12-5-8-17(30-2)14(10-12)21(27)19-20(18-4-3-9-31-18)26(23(29)22(19)28)13-6-7-15(24)16(25)11-13/h3-11,20,27H,1-2H3/b21-19-. The molecule has 1 N–H and O–H groups in total. The lowest BCUT2D eigenvalue weighted by Crippen LogP contribution is -2.29. The van der Waals surface area contributed by atoms with Crippen LogP contribution in [0.25, 0.3) is 5.76 Å². The van der Waals surface area contributed by atoms with Crippen molar-refractivity contribution in [3.63, 3.8) is 0 Å². The Morgan fingerprint density at radius 1 is 1.10 bits per heavy atom. The van der Waals surface area contributed by atoms with Gasteiger partial charge >= 0.3 is 0 Å². The zero-order chi connectivity index (χ0) is 22.3. The van der Waals surface area contributed by atoms with Gasteiger partial charge in [-0.15, -0.1) is 0 Å². The SMILES string of the molecule is COc1ccc(C)cc1/C(O)=C1/C(=O)C(=O)N(c2ccc(F)c(F)c2)C1c1ccco1. The predicted octanol–water partition coefficient (Wildman–Crippen LogP) is 4.50. The number of aliphatic hydroxyl groups excluding tert-OH is 1. The number of carbonyl (C=O) groups is 2.